The average Bonchev–Trinajstić information content (AvgIpc) is 3.41. The molecule has 4 aromatic rings. The Morgan fingerprint density at radius 2 is 1.80 bits per heavy atom. The Morgan fingerprint density at radius 3 is 2.46 bits per heavy atom. The highest BCUT2D eigenvalue weighted by Gasteiger charge is 2.46. The summed E-state index contributed by atoms with van der Waals surface area (Å²) in [5, 5.41) is 14.6. The summed E-state index contributed by atoms with van der Waals surface area (Å²) in [6.45, 7) is 4.59. The van der Waals surface area contributed by atoms with Crippen molar-refractivity contribution in [2.45, 2.75) is 51.0 Å². The number of nitrogens with one attached hydrogen (secondary N) is 2. The van der Waals surface area contributed by atoms with E-state index in [2.05, 4.69) is 34.5 Å². The van der Waals surface area contributed by atoms with E-state index < -0.39 is 18.3 Å². The predicted molar refractivity (Wildman–Crippen MR) is 131 cm³/mol. The molecule has 0 saturated heterocycles. The van der Waals surface area contributed by atoms with Gasteiger partial charge >= 0.3 is 6.18 Å². The molecule has 1 aliphatic heterocycles. The number of nitrogens with zero attached hydrogens (tertiary/aromatic N) is 4. The number of fused-ring (bicyclic) bond motifs is 1. The van der Waals surface area contributed by atoms with Gasteiger partial charge in [0.15, 0.2) is 16.6 Å². The molecule has 0 fully saturated rings. The van der Waals surface area contributed by atoms with E-state index in [4.69, 9.17) is 12.2 Å². The van der Waals surface area contributed by atoms with Crippen LogP contribution in [-0.2, 0) is 6.54 Å². The van der Waals surface area contributed by atoms with Crippen LogP contribution in [0.5, 0.6) is 0 Å². The fraction of sp³-hybridized carbons (Fsp3) is 0.320. The number of hydrogen-bond acceptors (Lipinski definition) is 4. The maximum absolute atomic E-state index is 14.1. The third kappa shape index (κ3) is 4.62. The molecule has 3 heterocycles. The van der Waals surface area contributed by atoms with E-state index in [1.54, 1.807) is 10.6 Å². The molecule has 10 heteroatoms. The van der Waals surface area contributed by atoms with E-state index in [1.807, 2.05) is 54.6 Å². The van der Waals surface area contributed by atoms with E-state index in [9.17, 15) is 13.2 Å². The Kier molecular flexibility index (Phi) is 6.00. The van der Waals surface area contributed by atoms with E-state index >= 15 is 0 Å². The van der Waals surface area contributed by atoms with Gasteiger partial charge in [-0.05, 0) is 34.8 Å². The maximum atomic E-state index is 14.1. The van der Waals surface area contributed by atoms with Crippen molar-refractivity contribution < 1.29 is 13.2 Å². The number of hydrogen-bond donors (Lipinski definition) is 2. The monoisotopic (exact) mass is 498 g/mol. The number of anilines is 1. The first-order valence-corrected chi connectivity index (χ1v) is 11.8. The quantitative estimate of drug-likeness (QED) is 0.303. The summed E-state index contributed by atoms with van der Waals surface area (Å²) in [5.74, 6) is 1.04. The van der Waals surface area contributed by atoms with Crippen LogP contribution in [0.3, 0.4) is 0 Å². The van der Waals surface area contributed by atoms with Gasteiger partial charge in [0.05, 0.1) is 12.6 Å². The molecule has 182 valence electrons. The average molecular weight is 499 g/mol. The molecule has 5 rings (SSSR count). The second-order valence-electron chi connectivity index (χ2n) is 9.09. The van der Waals surface area contributed by atoms with Gasteiger partial charge in [0, 0.05) is 12.5 Å². The zero-order valence-electron chi connectivity index (χ0n) is 19.3. The Bertz CT molecular complexity index is 1370. The van der Waals surface area contributed by atoms with Crippen molar-refractivity contribution >= 4 is 18.0 Å². The lowest BCUT2D eigenvalue weighted by Gasteiger charge is -2.33. The summed E-state index contributed by atoms with van der Waals surface area (Å²) in [7, 11) is 0. The normalized spacial score (nSPS) is 17.9. The summed E-state index contributed by atoms with van der Waals surface area (Å²) in [6, 6.07) is 16.8. The minimum absolute atomic E-state index is 0.157. The summed E-state index contributed by atoms with van der Waals surface area (Å²) < 4.78 is 45.5. The van der Waals surface area contributed by atoms with Crippen LogP contribution < -0.4 is 5.32 Å². The minimum atomic E-state index is -4.45. The van der Waals surface area contributed by atoms with Crippen LogP contribution >= 0.6 is 12.2 Å². The highest BCUT2D eigenvalue weighted by molar-refractivity contribution is 7.71. The van der Waals surface area contributed by atoms with Crippen molar-refractivity contribution in [3.63, 3.8) is 0 Å². The fourth-order valence-electron chi connectivity index (χ4n) is 4.44. The molecule has 2 aromatic heterocycles. The molecular weight excluding hydrogens is 473 g/mol. The first kappa shape index (κ1) is 23.3. The molecule has 2 N–H and O–H groups in total. The topological polar surface area (TPSA) is 63.5 Å². The van der Waals surface area contributed by atoms with Gasteiger partial charge in [-0.15, -0.1) is 0 Å². The highest BCUT2D eigenvalue weighted by Crippen LogP contribution is 2.44. The molecule has 1 aliphatic rings. The zero-order chi connectivity index (χ0) is 24.7. The van der Waals surface area contributed by atoms with Crippen molar-refractivity contribution in [1.29, 1.82) is 0 Å². The lowest BCUT2D eigenvalue weighted by atomic mass is 9.94. The molecular formula is C25H25F3N6S. The number of rotatable bonds is 5. The van der Waals surface area contributed by atoms with E-state index in [0.29, 0.717) is 34.6 Å². The Hall–Kier alpha value is -3.40. The smallest absolute Gasteiger partial charge is 0.363 e. The van der Waals surface area contributed by atoms with Gasteiger partial charge in [0.1, 0.15) is 11.5 Å². The van der Waals surface area contributed by atoms with Crippen LogP contribution in [0.25, 0.3) is 11.5 Å². The molecule has 0 saturated carbocycles. The van der Waals surface area contributed by atoms with Crippen LogP contribution in [0, 0.1) is 4.77 Å². The zero-order valence-corrected chi connectivity index (χ0v) is 20.1. The number of aromatic nitrogens is 5. The molecule has 0 bridgehead atoms. The van der Waals surface area contributed by atoms with Crippen molar-refractivity contribution in [2.24, 2.45) is 0 Å². The van der Waals surface area contributed by atoms with Crippen LogP contribution in [0.1, 0.15) is 55.0 Å². The van der Waals surface area contributed by atoms with Crippen LogP contribution in [0.2, 0.25) is 0 Å². The minimum Gasteiger partial charge on any atom is -0.363 e. The summed E-state index contributed by atoms with van der Waals surface area (Å²) in [4.78, 5) is 0. The van der Waals surface area contributed by atoms with Crippen molar-refractivity contribution in [3.8, 4) is 11.5 Å². The largest absolute Gasteiger partial charge is 0.410 e. The number of benzene rings is 2. The summed E-state index contributed by atoms with van der Waals surface area (Å²) in [6.07, 6.45) is -4.61. The predicted octanol–water partition coefficient (Wildman–Crippen LogP) is 6.64. The lowest BCUT2D eigenvalue weighted by molar-refractivity contribution is -0.173. The summed E-state index contributed by atoms with van der Waals surface area (Å²) in [5.41, 5.74) is 3.27. The van der Waals surface area contributed by atoms with Crippen molar-refractivity contribution in [3.05, 3.63) is 82.1 Å². The molecule has 0 unspecified atom stereocenters. The second-order valence-corrected chi connectivity index (χ2v) is 9.48. The SMILES string of the molecule is CC(C)c1ccc([C@@H]2C[C@H](C(F)(F)F)n3nc(-c4n[nH]c(=S)n4Cc4ccccc4)cc3N2)cc1. The van der Waals surface area contributed by atoms with Crippen LogP contribution in [0.4, 0.5) is 19.0 Å². The maximum Gasteiger partial charge on any atom is 0.410 e. The van der Waals surface area contributed by atoms with Gasteiger partial charge in [-0.3, -0.25) is 9.67 Å². The Balaban J connectivity index is 1.51. The van der Waals surface area contributed by atoms with Gasteiger partial charge in [0.2, 0.25) is 0 Å². The first-order valence-electron chi connectivity index (χ1n) is 11.4. The highest BCUT2D eigenvalue weighted by atomic mass is 32.1. The number of aromatic amines is 1. The van der Waals surface area contributed by atoms with Crippen LogP contribution in [0.15, 0.2) is 60.7 Å². The molecule has 6 nitrogen and oxygen atoms in total. The van der Waals surface area contributed by atoms with Crippen LogP contribution in [-0.4, -0.2) is 30.7 Å². The number of alkyl halides is 3. The van der Waals surface area contributed by atoms with Gasteiger partial charge in [-0.25, -0.2) is 4.68 Å². The third-order valence-corrected chi connectivity index (χ3v) is 6.68. The standard InChI is InChI=1S/C25H25F3N6S/c1-15(2)17-8-10-18(11-9-17)19-12-21(25(26,27)28)34-22(29-19)13-20(32-34)23-30-31-24(35)33(23)14-16-6-4-3-5-7-16/h3-11,13,15,19,21,29H,12,14H2,1-2H3,(H,31,35)/t19-,21+/m0/s1. The molecule has 0 spiro atoms. The first-order chi connectivity index (χ1) is 16.7. The van der Waals surface area contributed by atoms with E-state index in [1.165, 1.54) is 0 Å². The fourth-order valence-corrected chi connectivity index (χ4v) is 4.64. The number of halogens is 3. The van der Waals surface area contributed by atoms with Gasteiger partial charge in [-0.1, -0.05) is 68.4 Å². The summed E-state index contributed by atoms with van der Waals surface area (Å²) >= 11 is 5.39. The van der Waals surface area contributed by atoms with Gasteiger partial charge < -0.3 is 5.32 Å². The molecule has 0 amide bonds. The van der Waals surface area contributed by atoms with Crippen molar-refractivity contribution in [1.82, 2.24) is 24.5 Å². The second kappa shape index (κ2) is 8.99. The molecule has 35 heavy (non-hydrogen) atoms. The Morgan fingerprint density at radius 1 is 1.09 bits per heavy atom. The third-order valence-electron chi connectivity index (χ3n) is 6.37. The molecule has 0 radical (unpaired) electrons. The molecule has 2 atom stereocenters. The van der Waals surface area contributed by atoms with Crippen molar-refractivity contribution in [2.75, 3.05) is 5.32 Å². The van der Waals surface area contributed by atoms with E-state index in [0.717, 1.165) is 21.4 Å². The molecule has 0 aliphatic carbocycles. The van der Waals surface area contributed by atoms with E-state index in [-0.39, 0.29) is 6.42 Å². The molecule has 2 aromatic carbocycles. The lowest BCUT2D eigenvalue weighted by Crippen LogP contribution is -2.35. The van der Waals surface area contributed by atoms with Gasteiger partial charge in [0.25, 0.3) is 0 Å². The van der Waals surface area contributed by atoms with Gasteiger partial charge in [-0.2, -0.15) is 23.4 Å². The number of H-pyrrole nitrogens is 1. The Labute approximate surface area is 205 Å².